The zero-order chi connectivity index (χ0) is 13.8. The van der Waals surface area contributed by atoms with Crippen LogP contribution in [0.15, 0.2) is 4.52 Å². The molecule has 2 fully saturated rings. The Hall–Kier alpha value is -0.980. The maximum Gasteiger partial charge on any atom is 0.244 e. The third-order valence-electron chi connectivity index (χ3n) is 4.37. The highest BCUT2D eigenvalue weighted by Crippen LogP contribution is 2.34. The summed E-state index contributed by atoms with van der Waals surface area (Å²) in [5, 5.41) is 7.50. The lowest BCUT2D eigenvalue weighted by Gasteiger charge is -2.34. The van der Waals surface area contributed by atoms with Crippen LogP contribution in [0, 0.1) is 0 Å². The van der Waals surface area contributed by atoms with Crippen molar-refractivity contribution >= 4 is 0 Å². The molecule has 1 aromatic heterocycles. The van der Waals surface area contributed by atoms with Gasteiger partial charge < -0.3 is 14.6 Å². The number of rotatable bonds is 5. The smallest absolute Gasteiger partial charge is 0.244 e. The molecule has 2 saturated heterocycles. The monoisotopic (exact) mass is 280 g/mol. The maximum absolute atomic E-state index is 5.49. The van der Waals surface area contributed by atoms with E-state index in [-0.39, 0.29) is 0 Å². The summed E-state index contributed by atoms with van der Waals surface area (Å²) in [7, 11) is 1.69. The van der Waals surface area contributed by atoms with Crippen LogP contribution in [0.1, 0.15) is 43.4 Å². The molecular weight excluding hydrogens is 256 g/mol. The minimum absolute atomic E-state index is 0.321. The van der Waals surface area contributed by atoms with Gasteiger partial charge in [-0.25, -0.2) is 0 Å². The van der Waals surface area contributed by atoms with E-state index in [4.69, 9.17) is 9.26 Å². The van der Waals surface area contributed by atoms with Crippen LogP contribution in [0.4, 0.5) is 0 Å². The summed E-state index contributed by atoms with van der Waals surface area (Å²) in [6.45, 7) is 4.04. The van der Waals surface area contributed by atoms with Crippen LogP contribution in [0.5, 0.6) is 0 Å². The minimum Gasteiger partial charge on any atom is -0.384 e. The van der Waals surface area contributed by atoms with E-state index in [2.05, 4.69) is 20.4 Å². The third-order valence-corrected chi connectivity index (χ3v) is 4.37. The highest BCUT2D eigenvalue weighted by Gasteiger charge is 2.35. The van der Waals surface area contributed by atoms with Gasteiger partial charge in [0.2, 0.25) is 5.89 Å². The standard InChI is InChI=1S/C14H24N4O2/c1-19-10-6-13-16-14(20-17-13)12-3-2-9-18(12)11-4-7-15-8-5-11/h11-12,15H,2-10H2,1H3. The molecule has 1 N–H and O–H groups in total. The molecule has 0 aromatic carbocycles. The van der Waals surface area contributed by atoms with E-state index < -0.39 is 0 Å². The van der Waals surface area contributed by atoms with Crippen molar-refractivity contribution in [3.63, 3.8) is 0 Å². The van der Waals surface area contributed by atoms with E-state index in [1.54, 1.807) is 7.11 Å². The van der Waals surface area contributed by atoms with Crippen molar-refractivity contribution in [2.75, 3.05) is 33.4 Å². The average molecular weight is 280 g/mol. The molecule has 0 amide bonds. The van der Waals surface area contributed by atoms with Gasteiger partial charge in [-0.2, -0.15) is 4.98 Å². The average Bonchev–Trinajstić information content (AvgIpc) is 3.14. The van der Waals surface area contributed by atoms with Gasteiger partial charge in [0.05, 0.1) is 12.6 Å². The van der Waals surface area contributed by atoms with Crippen molar-refractivity contribution in [1.82, 2.24) is 20.4 Å². The van der Waals surface area contributed by atoms with Crippen LogP contribution in [-0.4, -0.2) is 54.4 Å². The van der Waals surface area contributed by atoms with Crippen molar-refractivity contribution in [3.8, 4) is 0 Å². The normalized spacial score (nSPS) is 25.4. The highest BCUT2D eigenvalue weighted by atomic mass is 16.5. The van der Waals surface area contributed by atoms with E-state index in [1.807, 2.05) is 0 Å². The first-order valence-electron chi connectivity index (χ1n) is 7.66. The van der Waals surface area contributed by atoms with Gasteiger partial charge in [0.25, 0.3) is 0 Å². The highest BCUT2D eigenvalue weighted by molar-refractivity contribution is 4.99. The van der Waals surface area contributed by atoms with Crippen LogP contribution in [0.2, 0.25) is 0 Å². The summed E-state index contributed by atoms with van der Waals surface area (Å²) < 4.78 is 10.6. The second kappa shape index (κ2) is 6.65. The molecule has 0 saturated carbocycles. The van der Waals surface area contributed by atoms with Gasteiger partial charge in [0.15, 0.2) is 5.82 Å². The summed E-state index contributed by atoms with van der Waals surface area (Å²) in [5.74, 6) is 1.56. The Morgan fingerprint density at radius 2 is 2.20 bits per heavy atom. The van der Waals surface area contributed by atoms with Crippen molar-refractivity contribution in [2.24, 2.45) is 0 Å². The SMILES string of the molecule is COCCc1noc(C2CCCN2C2CCNCC2)n1. The van der Waals surface area contributed by atoms with Gasteiger partial charge in [-0.05, 0) is 45.3 Å². The lowest BCUT2D eigenvalue weighted by atomic mass is 10.0. The molecule has 0 spiro atoms. The zero-order valence-electron chi connectivity index (χ0n) is 12.2. The second-order valence-corrected chi connectivity index (χ2v) is 5.67. The Balaban J connectivity index is 1.66. The van der Waals surface area contributed by atoms with Gasteiger partial charge in [0.1, 0.15) is 0 Å². The van der Waals surface area contributed by atoms with E-state index >= 15 is 0 Å². The molecule has 6 nitrogen and oxygen atoms in total. The van der Waals surface area contributed by atoms with Crippen molar-refractivity contribution < 1.29 is 9.26 Å². The van der Waals surface area contributed by atoms with Crippen LogP contribution >= 0.6 is 0 Å². The lowest BCUT2D eigenvalue weighted by Crippen LogP contribution is -2.42. The van der Waals surface area contributed by atoms with Crippen molar-refractivity contribution in [1.29, 1.82) is 0 Å². The largest absolute Gasteiger partial charge is 0.384 e. The van der Waals surface area contributed by atoms with E-state index in [0.29, 0.717) is 18.7 Å². The predicted molar refractivity (Wildman–Crippen MR) is 74.5 cm³/mol. The molecule has 1 aromatic rings. The van der Waals surface area contributed by atoms with Gasteiger partial charge >= 0.3 is 0 Å². The van der Waals surface area contributed by atoms with E-state index in [1.165, 1.54) is 19.3 Å². The number of aromatic nitrogens is 2. The number of methoxy groups -OCH3 is 1. The van der Waals surface area contributed by atoms with Crippen LogP contribution in [0.25, 0.3) is 0 Å². The maximum atomic E-state index is 5.49. The summed E-state index contributed by atoms with van der Waals surface area (Å²) >= 11 is 0. The number of piperidine rings is 1. The molecule has 1 unspecified atom stereocenters. The fraction of sp³-hybridized carbons (Fsp3) is 0.857. The van der Waals surface area contributed by atoms with Crippen LogP contribution in [0.3, 0.4) is 0 Å². The third kappa shape index (κ3) is 3.02. The lowest BCUT2D eigenvalue weighted by molar-refractivity contribution is 0.126. The van der Waals surface area contributed by atoms with Crippen LogP contribution in [-0.2, 0) is 11.2 Å². The van der Waals surface area contributed by atoms with Gasteiger partial charge in [-0.1, -0.05) is 5.16 Å². The molecule has 3 heterocycles. The zero-order valence-corrected chi connectivity index (χ0v) is 12.2. The molecular formula is C14H24N4O2. The molecule has 3 rings (SSSR count). The van der Waals surface area contributed by atoms with Gasteiger partial charge in [-0.15, -0.1) is 0 Å². The fourth-order valence-corrected chi connectivity index (χ4v) is 3.33. The molecule has 20 heavy (non-hydrogen) atoms. The second-order valence-electron chi connectivity index (χ2n) is 5.67. The first-order chi connectivity index (χ1) is 9.88. The first-order valence-corrected chi connectivity index (χ1v) is 7.66. The molecule has 2 aliphatic rings. The van der Waals surface area contributed by atoms with Crippen LogP contribution < -0.4 is 5.32 Å². The Morgan fingerprint density at radius 3 is 3.00 bits per heavy atom. The van der Waals surface area contributed by atoms with E-state index in [0.717, 1.165) is 44.2 Å². The molecule has 1 atom stereocenters. The summed E-state index contributed by atoms with van der Waals surface area (Å²) in [6, 6.07) is 0.986. The number of hydrogen-bond donors (Lipinski definition) is 1. The number of ether oxygens (including phenoxy) is 1. The minimum atomic E-state index is 0.321. The number of nitrogens with zero attached hydrogens (tertiary/aromatic N) is 3. The Kier molecular flexibility index (Phi) is 4.65. The Bertz CT molecular complexity index is 417. The molecule has 0 aliphatic carbocycles. The Morgan fingerprint density at radius 1 is 1.35 bits per heavy atom. The summed E-state index contributed by atoms with van der Waals surface area (Å²) in [5.41, 5.74) is 0. The van der Waals surface area contributed by atoms with Gasteiger partial charge in [-0.3, -0.25) is 4.90 Å². The number of nitrogens with one attached hydrogen (secondary N) is 1. The summed E-state index contributed by atoms with van der Waals surface area (Å²) in [4.78, 5) is 7.14. The number of likely N-dealkylation sites (tertiary alicyclic amines) is 1. The van der Waals surface area contributed by atoms with Gasteiger partial charge in [0, 0.05) is 19.6 Å². The van der Waals surface area contributed by atoms with Crippen molar-refractivity contribution in [3.05, 3.63) is 11.7 Å². The van der Waals surface area contributed by atoms with Crippen molar-refractivity contribution in [2.45, 2.75) is 44.2 Å². The molecule has 0 radical (unpaired) electrons. The molecule has 0 bridgehead atoms. The number of hydrogen-bond acceptors (Lipinski definition) is 6. The topological polar surface area (TPSA) is 63.4 Å². The summed E-state index contributed by atoms with van der Waals surface area (Å²) in [6.07, 6.45) is 5.53. The Labute approximate surface area is 119 Å². The fourth-order valence-electron chi connectivity index (χ4n) is 3.33. The quantitative estimate of drug-likeness (QED) is 0.873. The first kappa shape index (κ1) is 14.0. The molecule has 6 heteroatoms. The molecule has 2 aliphatic heterocycles. The molecule has 112 valence electrons. The predicted octanol–water partition coefficient (Wildman–Crippen LogP) is 1.15. The van der Waals surface area contributed by atoms with E-state index in [9.17, 15) is 0 Å².